The van der Waals surface area contributed by atoms with Gasteiger partial charge in [-0.15, -0.1) is 11.3 Å². The van der Waals surface area contributed by atoms with Crippen LogP contribution in [0.3, 0.4) is 0 Å². The van der Waals surface area contributed by atoms with Gasteiger partial charge in [0.2, 0.25) is 0 Å². The Morgan fingerprint density at radius 1 is 1.40 bits per heavy atom. The van der Waals surface area contributed by atoms with Gasteiger partial charge in [0.15, 0.2) is 0 Å². The number of nitrogens with zero attached hydrogens (tertiary/aromatic N) is 1. The van der Waals surface area contributed by atoms with Crippen molar-refractivity contribution in [1.82, 2.24) is 15.5 Å². The smallest absolute Gasteiger partial charge is 0.251 e. The summed E-state index contributed by atoms with van der Waals surface area (Å²) in [6.07, 6.45) is 2.55. The second-order valence-corrected chi connectivity index (χ2v) is 6.73. The molecule has 2 aromatic heterocycles. The Bertz CT molecular complexity index is 750. The molecule has 0 fully saturated rings. The molecule has 0 aliphatic heterocycles. The number of hydrogen-bond donors (Lipinski definition) is 2. The lowest BCUT2D eigenvalue weighted by Crippen LogP contribution is -2.25. The van der Waals surface area contributed by atoms with Gasteiger partial charge < -0.3 is 5.32 Å². The summed E-state index contributed by atoms with van der Waals surface area (Å²) in [6.45, 7) is 0.630. The van der Waals surface area contributed by atoms with Gasteiger partial charge in [0.05, 0.1) is 15.5 Å². The van der Waals surface area contributed by atoms with Crippen LogP contribution >= 0.6 is 27.3 Å². The van der Waals surface area contributed by atoms with E-state index in [1.54, 1.807) is 23.6 Å². The van der Waals surface area contributed by atoms with Gasteiger partial charge in [0, 0.05) is 17.5 Å². The molecule has 0 radical (unpaired) electrons. The van der Waals surface area contributed by atoms with Crippen LogP contribution in [0.25, 0.3) is 10.9 Å². The number of thiophene rings is 1. The molecule has 3 rings (SSSR count). The lowest BCUT2D eigenvalue weighted by atomic mass is 10.1. The third kappa shape index (κ3) is 2.91. The summed E-state index contributed by atoms with van der Waals surface area (Å²) in [4.78, 5) is 12.1. The lowest BCUT2D eigenvalue weighted by Gasteiger charge is -2.04. The Morgan fingerprint density at radius 2 is 2.30 bits per heavy atom. The number of amides is 1. The van der Waals surface area contributed by atoms with E-state index in [2.05, 4.69) is 42.9 Å². The maximum absolute atomic E-state index is 12.1. The standard InChI is InChI=1S/C14H12BrN3OS/c15-13-5-9(8-20-13)3-4-16-14(19)10-1-2-12-11(6-10)7-17-18-12/h1-2,5-8H,3-4H2,(H,16,19)(H,17,18). The van der Waals surface area contributed by atoms with Crippen LogP contribution in [-0.2, 0) is 6.42 Å². The van der Waals surface area contributed by atoms with Crippen molar-refractivity contribution >= 4 is 44.1 Å². The van der Waals surface area contributed by atoms with Gasteiger partial charge in [0.25, 0.3) is 5.91 Å². The molecule has 1 aromatic carbocycles. The van der Waals surface area contributed by atoms with Crippen molar-refractivity contribution in [3.63, 3.8) is 0 Å². The SMILES string of the molecule is O=C(NCCc1csc(Br)c1)c1ccc2[nH]ncc2c1. The largest absolute Gasteiger partial charge is 0.352 e. The molecule has 0 saturated heterocycles. The highest BCUT2D eigenvalue weighted by molar-refractivity contribution is 9.11. The maximum atomic E-state index is 12.1. The van der Waals surface area contributed by atoms with E-state index in [-0.39, 0.29) is 5.91 Å². The van der Waals surface area contributed by atoms with Gasteiger partial charge >= 0.3 is 0 Å². The fourth-order valence-electron chi connectivity index (χ4n) is 1.98. The Hall–Kier alpha value is -1.66. The van der Waals surface area contributed by atoms with Crippen LogP contribution < -0.4 is 5.32 Å². The molecule has 0 aliphatic carbocycles. The van der Waals surface area contributed by atoms with Crippen molar-refractivity contribution < 1.29 is 4.79 Å². The number of carbonyl (C=O) groups excluding carboxylic acids is 1. The van der Waals surface area contributed by atoms with Gasteiger partial charge in [-0.2, -0.15) is 5.10 Å². The summed E-state index contributed by atoms with van der Waals surface area (Å²) in [6, 6.07) is 7.59. The molecule has 20 heavy (non-hydrogen) atoms. The second kappa shape index (κ2) is 5.76. The van der Waals surface area contributed by atoms with Gasteiger partial charge in [-0.3, -0.25) is 9.89 Å². The third-order valence-corrected chi connectivity index (χ3v) is 4.58. The first-order valence-corrected chi connectivity index (χ1v) is 7.84. The van der Waals surface area contributed by atoms with E-state index in [9.17, 15) is 4.79 Å². The molecule has 0 spiro atoms. The monoisotopic (exact) mass is 349 g/mol. The van der Waals surface area contributed by atoms with E-state index in [0.717, 1.165) is 21.1 Å². The zero-order chi connectivity index (χ0) is 13.9. The summed E-state index contributed by atoms with van der Waals surface area (Å²) in [5, 5.41) is 12.8. The minimum atomic E-state index is -0.0533. The van der Waals surface area contributed by atoms with Crippen LogP contribution in [0.4, 0.5) is 0 Å². The number of aromatic amines is 1. The summed E-state index contributed by atoms with van der Waals surface area (Å²) >= 11 is 5.09. The number of carbonyl (C=O) groups is 1. The predicted molar refractivity (Wildman–Crippen MR) is 84.1 cm³/mol. The highest BCUT2D eigenvalue weighted by atomic mass is 79.9. The summed E-state index contributed by atoms with van der Waals surface area (Å²) in [5.74, 6) is -0.0533. The van der Waals surface area contributed by atoms with Crippen LogP contribution in [0.5, 0.6) is 0 Å². The number of H-pyrrole nitrogens is 1. The number of aromatic nitrogens is 2. The molecule has 0 atom stereocenters. The van der Waals surface area contributed by atoms with Gasteiger partial charge in [0.1, 0.15) is 0 Å². The molecule has 102 valence electrons. The van der Waals surface area contributed by atoms with Gasteiger partial charge in [-0.25, -0.2) is 0 Å². The average molecular weight is 350 g/mol. The molecular weight excluding hydrogens is 338 g/mol. The normalized spacial score (nSPS) is 10.8. The minimum absolute atomic E-state index is 0.0533. The minimum Gasteiger partial charge on any atom is -0.352 e. The van der Waals surface area contributed by atoms with E-state index in [1.807, 2.05) is 12.1 Å². The Labute approximate surface area is 128 Å². The molecule has 1 amide bonds. The number of halogens is 1. The van der Waals surface area contributed by atoms with E-state index in [4.69, 9.17) is 0 Å². The molecule has 6 heteroatoms. The van der Waals surface area contributed by atoms with Crippen molar-refractivity contribution in [3.8, 4) is 0 Å². The van der Waals surface area contributed by atoms with Crippen LogP contribution in [-0.4, -0.2) is 22.6 Å². The topological polar surface area (TPSA) is 57.8 Å². The van der Waals surface area contributed by atoms with Crippen molar-refractivity contribution in [2.75, 3.05) is 6.54 Å². The first-order chi connectivity index (χ1) is 9.72. The number of fused-ring (bicyclic) bond motifs is 1. The van der Waals surface area contributed by atoms with E-state index in [0.29, 0.717) is 12.1 Å². The van der Waals surface area contributed by atoms with Crippen LogP contribution in [0.15, 0.2) is 39.6 Å². The molecule has 0 unspecified atom stereocenters. The third-order valence-electron chi connectivity index (χ3n) is 3.02. The van der Waals surface area contributed by atoms with Gasteiger partial charge in [-0.05, 0) is 57.6 Å². The van der Waals surface area contributed by atoms with Crippen molar-refractivity contribution in [2.24, 2.45) is 0 Å². The Morgan fingerprint density at radius 3 is 3.10 bits per heavy atom. The first kappa shape index (κ1) is 13.3. The van der Waals surface area contributed by atoms with E-state index >= 15 is 0 Å². The zero-order valence-electron chi connectivity index (χ0n) is 10.5. The Kier molecular flexibility index (Phi) is 3.84. The zero-order valence-corrected chi connectivity index (χ0v) is 12.9. The Balaban J connectivity index is 1.61. The summed E-state index contributed by atoms with van der Waals surface area (Å²) in [7, 11) is 0. The average Bonchev–Trinajstić information content (AvgIpc) is 3.06. The maximum Gasteiger partial charge on any atom is 0.251 e. The number of nitrogens with one attached hydrogen (secondary N) is 2. The fraction of sp³-hybridized carbons (Fsp3) is 0.143. The second-order valence-electron chi connectivity index (χ2n) is 4.44. The molecule has 0 aliphatic rings. The highest BCUT2D eigenvalue weighted by Crippen LogP contribution is 2.20. The van der Waals surface area contributed by atoms with E-state index < -0.39 is 0 Å². The van der Waals surface area contributed by atoms with Crippen molar-refractivity contribution in [2.45, 2.75) is 6.42 Å². The lowest BCUT2D eigenvalue weighted by molar-refractivity contribution is 0.0954. The number of hydrogen-bond acceptors (Lipinski definition) is 3. The fourth-order valence-corrected chi connectivity index (χ4v) is 3.23. The van der Waals surface area contributed by atoms with Crippen molar-refractivity contribution in [3.05, 3.63) is 50.8 Å². The van der Waals surface area contributed by atoms with Crippen LogP contribution in [0.1, 0.15) is 15.9 Å². The van der Waals surface area contributed by atoms with Crippen LogP contribution in [0, 0.1) is 0 Å². The van der Waals surface area contributed by atoms with Crippen LogP contribution in [0.2, 0.25) is 0 Å². The summed E-state index contributed by atoms with van der Waals surface area (Å²) < 4.78 is 1.12. The quantitative estimate of drug-likeness (QED) is 0.758. The number of benzene rings is 1. The molecule has 0 bridgehead atoms. The molecular formula is C14H12BrN3OS. The molecule has 2 heterocycles. The first-order valence-electron chi connectivity index (χ1n) is 6.16. The van der Waals surface area contributed by atoms with E-state index in [1.165, 1.54) is 5.56 Å². The predicted octanol–water partition coefficient (Wildman–Crippen LogP) is 3.36. The van der Waals surface area contributed by atoms with Gasteiger partial charge in [-0.1, -0.05) is 0 Å². The highest BCUT2D eigenvalue weighted by Gasteiger charge is 2.07. The molecule has 2 N–H and O–H groups in total. The van der Waals surface area contributed by atoms with Crippen molar-refractivity contribution in [1.29, 1.82) is 0 Å². The molecule has 4 nitrogen and oxygen atoms in total. The molecule has 3 aromatic rings. The summed E-state index contributed by atoms with van der Waals surface area (Å²) in [5.41, 5.74) is 2.82. The number of rotatable bonds is 4. The molecule has 0 saturated carbocycles.